The molecule has 0 saturated heterocycles. The lowest BCUT2D eigenvalue weighted by Gasteiger charge is -2.27. The third kappa shape index (κ3) is 16.9. The summed E-state index contributed by atoms with van der Waals surface area (Å²) in [6.07, 6.45) is 0.217. The molecule has 3 rings (SSSR count). The van der Waals surface area contributed by atoms with E-state index in [-0.39, 0.29) is 44.6 Å². The predicted molar refractivity (Wildman–Crippen MR) is 223 cm³/mol. The second kappa shape index (κ2) is 24.8. The van der Waals surface area contributed by atoms with Gasteiger partial charge in [-0.15, -0.1) is 0 Å². The second-order valence-electron chi connectivity index (χ2n) is 14.0. The van der Waals surface area contributed by atoms with Crippen molar-refractivity contribution in [2.24, 2.45) is 27.9 Å². The maximum atomic E-state index is 14.1. The average molecular weight is 830 g/mol. The number of aliphatic imine (C=N–C) groups is 1. The Kier molecular flexibility index (Phi) is 19.6. The summed E-state index contributed by atoms with van der Waals surface area (Å²) in [5.41, 5.74) is 24.1. The van der Waals surface area contributed by atoms with Gasteiger partial charge < -0.3 is 59.9 Å². The Bertz CT molecular complexity index is 1910. The van der Waals surface area contributed by atoms with Gasteiger partial charge in [-0.2, -0.15) is 0 Å². The van der Waals surface area contributed by atoms with Crippen LogP contribution in [0.1, 0.15) is 36.5 Å². The summed E-state index contributed by atoms with van der Waals surface area (Å²) < 4.78 is 0. The molecule has 0 unspecified atom stereocenters. The highest BCUT2D eigenvalue weighted by molar-refractivity contribution is 5.97. The minimum Gasteiger partial charge on any atom is -0.394 e. The molecule has 0 heterocycles. The largest absolute Gasteiger partial charge is 0.394 e. The van der Waals surface area contributed by atoms with Crippen LogP contribution in [0.5, 0.6) is 0 Å². The first-order chi connectivity index (χ1) is 28.7. The molecule has 3 aromatic rings. The van der Waals surface area contributed by atoms with E-state index in [4.69, 9.17) is 22.9 Å². The van der Waals surface area contributed by atoms with Gasteiger partial charge in [0.15, 0.2) is 5.96 Å². The van der Waals surface area contributed by atoms with Gasteiger partial charge >= 0.3 is 0 Å². The van der Waals surface area contributed by atoms with Gasteiger partial charge in [-0.3, -0.25) is 38.6 Å². The van der Waals surface area contributed by atoms with Gasteiger partial charge in [-0.05, 0) is 36.5 Å². The van der Waals surface area contributed by atoms with Crippen LogP contribution in [-0.2, 0) is 52.8 Å². The molecule has 19 heteroatoms. The van der Waals surface area contributed by atoms with E-state index in [0.717, 1.165) is 5.56 Å². The van der Waals surface area contributed by atoms with Crippen molar-refractivity contribution in [2.75, 3.05) is 19.7 Å². The predicted octanol–water partition coefficient (Wildman–Crippen LogP) is -2.87. The van der Waals surface area contributed by atoms with Gasteiger partial charge in [0.05, 0.1) is 19.2 Å². The van der Waals surface area contributed by atoms with Crippen LogP contribution in [0.4, 0.5) is 0 Å². The molecule has 0 spiro atoms. The molecule has 0 radical (unpaired) electrons. The van der Waals surface area contributed by atoms with Crippen LogP contribution >= 0.6 is 0 Å². The molecular weight excluding hydrogens is 775 g/mol. The zero-order chi connectivity index (χ0) is 44.0. The fourth-order valence-electron chi connectivity index (χ4n) is 5.82. The quantitative estimate of drug-likeness (QED) is 0.0248. The van der Waals surface area contributed by atoms with Crippen molar-refractivity contribution in [1.82, 2.24) is 31.9 Å². The minimum atomic E-state index is -1.61. The number of guanidine groups is 1. The maximum Gasteiger partial charge on any atom is 0.245 e. The molecule has 0 aromatic heterocycles. The Balaban J connectivity index is 1.83. The van der Waals surface area contributed by atoms with Crippen LogP contribution < -0.4 is 54.8 Å². The Morgan fingerprint density at radius 1 is 0.567 bits per heavy atom. The van der Waals surface area contributed by atoms with Crippen molar-refractivity contribution < 1.29 is 38.7 Å². The van der Waals surface area contributed by atoms with Crippen LogP contribution in [0.2, 0.25) is 0 Å². The Morgan fingerprint density at radius 3 is 1.42 bits per heavy atom. The van der Waals surface area contributed by atoms with Gasteiger partial charge in [0.25, 0.3) is 0 Å². The summed E-state index contributed by atoms with van der Waals surface area (Å²) in [6, 6.07) is 18.7. The highest BCUT2D eigenvalue weighted by Crippen LogP contribution is 2.09. The average Bonchev–Trinajstić information content (AvgIpc) is 3.22. The van der Waals surface area contributed by atoms with Crippen LogP contribution in [-0.4, -0.2) is 108 Å². The van der Waals surface area contributed by atoms with Crippen molar-refractivity contribution in [1.29, 1.82) is 0 Å². The SMILES string of the molecule is C[C@H](N)C(=O)NCC(=O)N[C@@H](Cc1ccccc1)C(=O)N[C@@H](CO)C(=O)N[C@@H](Cc1ccccc1)C(=O)N[C@@H](CCCN=C(N)N)C(=O)N[C@@H](Cc1ccccc1)C(N)=O. The number of hydrogen-bond acceptors (Lipinski definition) is 10. The van der Waals surface area contributed by atoms with Gasteiger partial charge in [0.2, 0.25) is 41.4 Å². The number of benzene rings is 3. The molecule has 322 valence electrons. The summed E-state index contributed by atoms with van der Waals surface area (Å²) in [5.74, 6) is -5.63. The highest BCUT2D eigenvalue weighted by Gasteiger charge is 2.32. The number of aliphatic hydroxyl groups excluding tert-OH is 1. The second-order valence-corrected chi connectivity index (χ2v) is 14.0. The van der Waals surface area contributed by atoms with E-state index in [1.165, 1.54) is 6.92 Å². The molecule has 7 amide bonds. The number of rotatable bonds is 24. The molecule has 0 aliphatic carbocycles. The van der Waals surface area contributed by atoms with Crippen molar-refractivity contribution in [2.45, 2.75) is 75.3 Å². The third-order valence-electron chi connectivity index (χ3n) is 9.02. The fraction of sp³-hybridized carbons (Fsp3) is 0.366. The summed E-state index contributed by atoms with van der Waals surface area (Å²) in [7, 11) is 0. The van der Waals surface area contributed by atoms with E-state index >= 15 is 0 Å². The number of aliphatic hydroxyl groups is 1. The Labute approximate surface area is 347 Å². The van der Waals surface area contributed by atoms with Crippen molar-refractivity contribution >= 4 is 47.3 Å². The van der Waals surface area contributed by atoms with Crippen molar-refractivity contribution in [3.63, 3.8) is 0 Å². The fourth-order valence-corrected chi connectivity index (χ4v) is 5.82. The molecule has 0 aliphatic heterocycles. The number of nitrogens with two attached hydrogens (primary N) is 4. The molecule has 19 nitrogen and oxygen atoms in total. The number of hydrogen-bond donors (Lipinski definition) is 11. The first-order valence-electron chi connectivity index (χ1n) is 19.3. The van der Waals surface area contributed by atoms with E-state index in [0.29, 0.717) is 11.1 Å². The van der Waals surface area contributed by atoms with Crippen LogP contribution in [0.25, 0.3) is 0 Å². The molecule has 0 fully saturated rings. The van der Waals surface area contributed by atoms with Gasteiger partial charge in [0.1, 0.15) is 30.2 Å². The smallest absolute Gasteiger partial charge is 0.245 e. The Hall–Kier alpha value is -6.86. The lowest BCUT2D eigenvalue weighted by atomic mass is 10.0. The highest BCUT2D eigenvalue weighted by atomic mass is 16.3. The normalized spacial score (nSPS) is 13.7. The molecule has 6 atom stereocenters. The number of carbonyl (C=O) groups excluding carboxylic acids is 7. The number of carbonyl (C=O) groups is 7. The number of amides is 7. The topological polar surface area (TPSA) is 328 Å². The lowest BCUT2D eigenvalue weighted by molar-refractivity contribution is -0.135. The van der Waals surface area contributed by atoms with Crippen LogP contribution in [0.3, 0.4) is 0 Å². The Morgan fingerprint density at radius 2 is 0.967 bits per heavy atom. The molecule has 0 bridgehead atoms. The van der Waals surface area contributed by atoms with Crippen molar-refractivity contribution in [3.05, 3.63) is 108 Å². The summed E-state index contributed by atoms with van der Waals surface area (Å²) in [5, 5.41) is 25.5. The van der Waals surface area contributed by atoms with Gasteiger partial charge in [-0.1, -0.05) is 91.0 Å². The number of primary amides is 1. The monoisotopic (exact) mass is 829 g/mol. The lowest BCUT2D eigenvalue weighted by Crippen LogP contribution is -2.60. The molecule has 0 aliphatic rings. The van der Waals surface area contributed by atoms with Crippen LogP contribution in [0, 0.1) is 0 Å². The van der Waals surface area contributed by atoms with E-state index in [9.17, 15) is 38.7 Å². The number of nitrogens with one attached hydrogen (secondary N) is 6. The van der Waals surface area contributed by atoms with E-state index < -0.39 is 90.8 Å². The zero-order valence-electron chi connectivity index (χ0n) is 33.3. The first kappa shape index (κ1) is 47.5. The summed E-state index contributed by atoms with van der Waals surface area (Å²) in [6.45, 7) is 0.164. The molecule has 15 N–H and O–H groups in total. The molecular formula is C41H55N11O8. The van der Waals surface area contributed by atoms with E-state index in [1.54, 1.807) is 91.0 Å². The molecule has 60 heavy (non-hydrogen) atoms. The minimum absolute atomic E-state index is 0.00987. The van der Waals surface area contributed by atoms with Gasteiger partial charge in [-0.25, -0.2) is 0 Å². The molecule has 0 saturated carbocycles. The number of nitrogens with zero attached hydrogens (tertiary/aromatic N) is 1. The zero-order valence-corrected chi connectivity index (χ0v) is 33.3. The van der Waals surface area contributed by atoms with Crippen molar-refractivity contribution in [3.8, 4) is 0 Å². The van der Waals surface area contributed by atoms with Gasteiger partial charge in [0, 0.05) is 25.8 Å². The van der Waals surface area contributed by atoms with E-state index in [1.807, 2.05) is 0 Å². The third-order valence-corrected chi connectivity index (χ3v) is 9.02. The van der Waals surface area contributed by atoms with Crippen LogP contribution in [0.15, 0.2) is 96.0 Å². The maximum absolute atomic E-state index is 14.1. The standard InChI is InChI=1S/C41H55N11O8/c1-25(42)36(56)47-23-34(54)48-31(21-27-14-7-3-8-15-27)38(58)52-33(24-53)40(60)51-32(22-28-16-9-4-10-17-28)39(59)49-29(18-11-19-46-41(44)45)37(57)50-30(35(43)55)20-26-12-5-2-6-13-26/h2-10,12-17,25,29-33,53H,11,18-24,42H2,1H3,(H2,43,55)(H,47,56)(H,48,54)(H,49,59)(H,50,57)(H,51,60)(H,52,58)(H4,44,45,46)/t25-,29-,30-,31-,32-,33-/m0/s1. The summed E-state index contributed by atoms with van der Waals surface area (Å²) >= 11 is 0. The summed E-state index contributed by atoms with van der Waals surface area (Å²) in [4.78, 5) is 96.3. The van der Waals surface area contributed by atoms with E-state index in [2.05, 4.69) is 36.9 Å². The molecule has 3 aromatic carbocycles. The first-order valence-corrected chi connectivity index (χ1v) is 19.3.